The maximum atomic E-state index is 12.3. The number of hydrogen-bond acceptors (Lipinski definition) is 5. The highest BCUT2D eigenvalue weighted by molar-refractivity contribution is 5.97. The molecule has 8 heteroatoms. The van der Waals surface area contributed by atoms with Crippen LogP contribution in [0, 0.1) is 5.92 Å². The Balaban J connectivity index is 1.96. The van der Waals surface area contributed by atoms with E-state index in [1.54, 1.807) is 19.1 Å². The van der Waals surface area contributed by atoms with Crippen LogP contribution in [-0.2, 0) is 9.59 Å². The summed E-state index contributed by atoms with van der Waals surface area (Å²) in [4.78, 5) is 36.0. The van der Waals surface area contributed by atoms with Gasteiger partial charge >= 0.3 is 5.97 Å². The van der Waals surface area contributed by atoms with Gasteiger partial charge in [-0.1, -0.05) is 12.8 Å². The average Bonchev–Trinajstić information content (AvgIpc) is 2.65. The van der Waals surface area contributed by atoms with Crippen molar-refractivity contribution >= 4 is 17.8 Å². The van der Waals surface area contributed by atoms with Crippen molar-refractivity contribution in [3.05, 3.63) is 23.8 Å². The maximum Gasteiger partial charge on any atom is 0.308 e. The molecule has 2 rings (SSSR count). The van der Waals surface area contributed by atoms with E-state index in [2.05, 4.69) is 10.6 Å². The van der Waals surface area contributed by atoms with Gasteiger partial charge in [0.05, 0.1) is 32.2 Å². The molecule has 0 bridgehead atoms. The topological polar surface area (TPSA) is 114 Å². The lowest BCUT2D eigenvalue weighted by Gasteiger charge is -2.39. The Hall–Kier alpha value is -2.77. The van der Waals surface area contributed by atoms with Gasteiger partial charge in [0, 0.05) is 5.56 Å². The van der Waals surface area contributed by atoms with E-state index in [9.17, 15) is 19.5 Å². The van der Waals surface area contributed by atoms with Crippen molar-refractivity contribution in [3.8, 4) is 11.5 Å². The number of carboxylic acids is 1. The predicted octanol–water partition coefficient (Wildman–Crippen LogP) is 1.58. The molecule has 2 unspecified atom stereocenters. The highest BCUT2D eigenvalue weighted by Gasteiger charge is 2.42. The molecule has 27 heavy (non-hydrogen) atoms. The summed E-state index contributed by atoms with van der Waals surface area (Å²) in [5, 5.41) is 14.7. The van der Waals surface area contributed by atoms with E-state index < -0.39 is 29.2 Å². The lowest BCUT2D eigenvalue weighted by atomic mass is 9.74. The minimum absolute atomic E-state index is 0.241. The van der Waals surface area contributed by atoms with E-state index in [-0.39, 0.29) is 6.54 Å². The van der Waals surface area contributed by atoms with Crippen LogP contribution in [0.5, 0.6) is 11.5 Å². The van der Waals surface area contributed by atoms with Gasteiger partial charge in [-0.3, -0.25) is 14.4 Å². The van der Waals surface area contributed by atoms with Gasteiger partial charge in [-0.15, -0.1) is 0 Å². The number of carbonyl (C=O) groups excluding carboxylic acids is 2. The Morgan fingerprint density at radius 2 is 1.89 bits per heavy atom. The molecule has 0 heterocycles. The summed E-state index contributed by atoms with van der Waals surface area (Å²) in [5.74, 6) is -1.48. The van der Waals surface area contributed by atoms with Crippen molar-refractivity contribution in [3.63, 3.8) is 0 Å². The second-order valence-corrected chi connectivity index (χ2v) is 6.85. The van der Waals surface area contributed by atoms with Crippen LogP contribution in [-0.4, -0.2) is 49.2 Å². The summed E-state index contributed by atoms with van der Waals surface area (Å²) in [5.41, 5.74) is -0.484. The largest absolute Gasteiger partial charge is 0.493 e. The van der Waals surface area contributed by atoms with Gasteiger partial charge in [-0.05, 0) is 38.0 Å². The van der Waals surface area contributed by atoms with Crippen LogP contribution < -0.4 is 20.1 Å². The molecule has 1 aliphatic rings. The molecule has 0 aliphatic heterocycles. The summed E-state index contributed by atoms with van der Waals surface area (Å²) in [6.45, 7) is 1.51. The van der Waals surface area contributed by atoms with Crippen molar-refractivity contribution < 1.29 is 29.0 Å². The van der Waals surface area contributed by atoms with Crippen LogP contribution in [0.15, 0.2) is 18.2 Å². The van der Waals surface area contributed by atoms with Crippen molar-refractivity contribution in [2.24, 2.45) is 5.92 Å². The Kier molecular flexibility index (Phi) is 6.65. The molecule has 0 spiro atoms. The van der Waals surface area contributed by atoms with Gasteiger partial charge in [0.15, 0.2) is 11.5 Å². The number of methoxy groups -OCH3 is 2. The molecule has 0 radical (unpaired) electrons. The number of amides is 2. The highest BCUT2D eigenvalue weighted by Crippen LogP contribution is 2.33. The Labute approximate surface area is 158 Å². The molecule has 2 atom stereocenters. The van der Waals surface area contributed by atoms with Gasteiger partial charge in [0.1, 0.15) is 0 Å². The van der Waals surface area contributed by atoms with Crippen molar-refractivity contribution in [1.29, 1.82) is 0 Å². The third kappa shape index (κ3) is 4.90. The van der Waals surface area contributed by atoms with Crippen LogP contribution in [0.2, 0.25) is 0 Å². The summed E-state index contributed by atoms with van der Waals surface area (Å²) in [7, 11) is 2.97. The molecule has 8 nitrogen and oxygen atoms in total. The highest BCUT2D eigenvalue weighted by atomic mass is 16.5. The minimum Gasteiger partial charge on any atom is -0.493 e. The lowest BCUT2D eigenvalue weighted by molar-refractivity contribution is -0.146. The van der Waals surface area contributed by atoms with Gasteiger partial charge < -0.3 is 25.2 Å². The first-order chi connectivity index (χ1) is 12.8. The van der Waals surface area contributed by atoms with E-state index in [1.165, 1.54) is 20.3 Å². The smallest absolute Gasteiger partial charge is 0.308 e. The molecule has 148 valence electrons. The average molecular weight is 378 g/mol. The van der Waals surface area contributed by atoms with Crippen molar-refractivity contribution in [1.82, 2.24) is 10.6 Å². The molecule has 1 aromatic rings. The Morgan fingerprint density at radius 1 is 1.19 bits per heavy atom. The molecular formula is C19H26N2O6. The first-order valence-corrected chi connectivity index (χ1v) is 8.85. The number of hydrogen-bond donors (Lipinski definition) is 3. The van der Waals surface area contributed by atoms with Crippen LogP contribution in [0.1, 0.15) is 43.0 Å². The Bertz CT molecular complexity index is 720. The number of carbonyl (C=O) groups is 3. The van der Waals surface area contributed by atoms with E-state index in [0.29, 0.717) is 29.9 Å². The van der Waals surface area contributed by atoms with Crippen molar-refractivity contribution in [2.45, 2.75) is 38.1 Å². The number of benzene rings is 1. The van der Waals surface area contributed by atoms with E-state index >= 15 is 0 Å². The number of rotatable bonds is 7. The standard InChI is InChI=1S/C19H26N2O6/c1-19(9-5-4-6-13(19)18(24)25)21-16(22)11-20-17(23)12-7-8-14(26-2)15(10-12)27-3/h7-8,10,13H,4-6,9,11H2,1-3H3,(H,20,23)(H,21,22)(H,24,25). The van der Waals surface area contributed by atoms with Gasteiger partial charge in [0.25, 0.3) is 5.91 Å². The summed E-state index contributed by atoms with van der Waals surface area (Å²) >= 11 is 0. The maximum absolute atomic E-state index is 12.3. The molecule has 1 aliphatic carbocycles. The zero-order valence-electron chi connectivity index (χ0n) is 15.8. The van der Waals surface area contributed by atoms with Crippen LogP contribution in [0.4, 0.5) is 0 Å². The molecule has 1 fully saturated rings. The lowest BCUT2D eigenvalue weighted by Crippen LogP contribution is -2.57. The van der Waals surface area contributed by atoms with Crippen LogP contribution in [0.3, 0.4) is 0 Å². The van der Waals surface area contributed by atoms with Gasteiger partial charge in [0.2, 0.25) is 5.91 Å². The number of carboxylic acid groups (broad SMARTS) is 1. The first-order valence-electron chi connectivity index (χ1n) is 8.85. The fourth-order valence-corrected chi connectivity index (χ4v) is 3.48. The van der Waals surface area contributed by atoms with Crippen molar-refractivity contribution in [2.75, 3.05) is 20.8 Å². The van der Waals surface area contributed by atoms with Gasteiger partial charge in [-0.2, -0.15) is 0 Å². The fraction of sp³-hybridized carbons (Fsp3) is 0.526. The molecule has 1 saturated carbocycles. The van der Waals surface area contributed by atoms with E-state index in [0.717, 1.165) is 12.8 Å². The molecule has 0 saturated heterocycles. The molecular weight excluding hydrogens is 352 g/mol. The molecule has 1 aromatic carbocycles. The summed E-state index contributed by atoms with van der Waals surface area (Å²) < 4.78 is 10.3. The van der Waals surface area contributed by atoms with Crippen LogP contribution >= 0.6 is 0 Å². The Morgan fingerprint density at radius 3 is 2.52 bits per heavy atom. The van der Waals surface area contributed by atoms with E-state index in [1.807, 2.05) is 0 Å². The normalized spacial score (nSPS) is 21.8. The monoisotopic (exact) mass is 378 g/mol. The second-order valence-electron chi connectivity index (χ2n) is 6.85. The minimum atomic E-state index is -0.910. The SMILES string of the molecule is COc1ccc(C(=O)NCC(=O)NC2(C)CCCCC2C(=O)O)cc1OC. The number of aliphatic carboxylic acids is 1. The number of nitrogens with one attached hydrogen (secondary N) is 2. The quantitative estimate of drug-likeness (QED) is 0.664. The van der Waals surface area contributed by atoms with E-state index in [4.69, 9.17) is 9.47 Å². The summed E-state index contributed by atoms with van der Waals surface area (Å²) in [6, 6.07) is 4.70. The first kappa shape index (κ1) is 20.5. The molecule has 2 amide bonds. The van der Waals surface area contributed by atoms with Gasteiger partial charge in [-0.25, -0.2) is 0 Å². The molecule has 3 N–H and O–H groups in total. The summed E-state index contributed by atoms with van der Waals surface area (Å²) in [6.07, 6.45) is 2.82. The predicted molar refractivity (Wildman–Crippen MR) is 98.0 cm³/mol. The molecule has 0 aromatic heterocycles. The third-order valence-corrected chi connectivity index (χ3v) is 4.99. The zero-order chi connectivity index (χ0) is 20.0. The second kappa shape index (κ2) is 8.75. The fourth-order valence-electron chi connectivity index (χ4n) is 3.48. The zero-order valence-corrected chi connectivity index (χ0v) is 15.8. The van der Waals surface area contributed by atoms with Crippen LogP contribution in [0.25, 0.3) is 0 Å². The third-order valence-electron chi connectivity index (χ3n) is 4.99. The number of ether oxygens (including phenoxy) is 2.